The lowest BCUT2D eigenvalue weighted by Gasteiger charge is -2.34. The highest BCUT2D eigenvalue weighted by atomic mass is 16.1. The number of fused-ring (bicyclic) bond motifs is 2. The smallest absolute Gasteiger partial charge is 0.238 e. The molecule has 0 aromatic carbocycles. The number of likely N-dealkylation sites (N-methyl/N-ethyl adjacent to an activating group) is 1. The van der Waals surface area contributed by atoms with Gasteiger partial charge in [0.25, 0.3) is 0 Å². The van der Waals surface area contributed by atoms with Gasteiger partial charge in [0.05, 0.1) is 0 Å². The number of likely N-dealkylation sites (tertiary alicyclic amines) is 1. The van der Waals surface area contributed by atoms with E-state index in [2.05, 4.69) is 10.2 Å². The van der Waals surface area contributed by atoms with E-state index in [1.807, 2.05) is 7.05 Å². The molecule has 3 rings (SSSR count). The van der Waals surface area contributed by atoms with Gasteiger partial charge in [-0.1, -0.05) is 6.42 Å². The largest absolute Gasteiger partial charge is 0.368 e. The molecule has 0 aromatic heterocycles. The number of carbonyl (C=O) groups excluding carboxylic acids is 1. The maximum atomic E-state index is 11.8. The van der Waals surface area contributed by atoms with E-state index >= 15 is 0 Å². The topological polar surface area (TPSA) is 58.4 Å². The van der Waals surface area contributed by atoms with E-state index in [4.69, 9.17) is 5.73 Å². The molecule has 108 valence electrons. The highest BCUT2D eigenvalue weighted by Gasteiger charge is 2.47. The number of primary amides is 1. The highest BCUT2D eigenvalue weighted by Crippen LogP contribution is 2.40. The molecule has 1 heterocycles. The van der Waals surface area contributed by atoms with Gasteiger partial charge >= 0.3 is 0 Å². The summed E-state index contributed by atoms with van der Waals surface area (Å²) < 4.78 is 0. The van der Waals surface area contributed by atoms with Crippen molar-refractivity contribution in [3.63, 3.8) is 0 Å². The Morgan fingerprint density at radius 1 is 1.42 bits per heavy atom. The van der Waals surface area contributed by atoms with E-state index < -0.39 is 5.54 Å². The van der Waals surface area contributed by atoms with Crippen molar-refractivity contribution < 1.29 is 4.79 Å². The van der Waals surface area contributed by atoms with Crippen LogP contribution in [0.3, 0.4) is 0 Å². The van der Waals surface area contributed by atoms with Gasteiger partial charge in [-0.15, -0.1) is 0 Å². The molecular weight excluding hydrogens is 238 g/mol. The van der Waals surface area contributed by atoms with Crippen molar-refractivity contribution in [2.24, 2.45) is 17.6 Å². The van der Waals surface area contributed by atoms with Gasteiger partial charge in [0.15, 0.2) is 0 Å². The monoisotopic (exact) mass is 265 g/mol. The van der Waals surface area contributed by atoms with Crippen molar-refractivity contribution in [2.45, 2.75) is 56.5 Å². The minimum Gasteiger partial charge on any atom is -0.368 e. The fourth-order valence-electron chi connectivity index (χ4n) is 4.87. The SMILES string of the molecule is CNC1(C(N)=O)CCCC1CCN1CC2CCC1C2. The highest BCUT2D eigenvalue weighted by molar-refractivity contribution is 5.85. The lowest BCUT2D eigenvalue weighted by molar-refractivity contribution is -0.125. The number of hydrogen-bond acceptors (Lipinski definition) is 3. The molecule has 4 unspecified atom stereocenters. The number of piperidine rings is 1. The number of nitrogens with one attached hydrogen (secondary N) is 1. The molecule has 3 N–H and O–H groups in total. The molecule has 1 aliphatic heterocycles. The molecule has 4 nitrogen and oxygen atoms in total. The van der Waals surface area contributed by atoms with Gasteiger partial charge in [0.1, 0.15) is 5.54 Å². The first kappa shape index (κ1) is 13.4. The number of nitrogens with zero attached hydrogens (tertiary/aromatic N) is 1. The third-order valence-electron chi connectivity index (χ3n) is 5.99. The summed E-state index contributed by atoms with van der Waals surface area (Å²) in [6.07, 6.45) is 8.54. The molecular formula is C15H27N3O. The van der Waals surface area contributed by atoms with E-state index in [0.717, 1.165) is 44.2 Å². The number of hydrogen-bond donors (Lipinski definition) is 2. The third kappa shape index (κ3) is 2.19. The van der Waals surface area contributed by atoms with Gasteiger partial charge < -0.3 is 16.0 Å². The molecule has 2 aliphatic carbocycles. The van der Waals surface area contributed by atoms with Crippen LogP contribution in [0, 0.1) is 11.8 Å². The Morgan fingerprint density at radius 3 is 2.84 bits per heavy atom. The van der Waals surface area contributed by atoms with Crippen LogP contribution in [0.1, 0.15) is 44.9 Å². The van der Waals surface area contributed by atoms with Crippen molar-refractivity contribution in [3.8, 4) is 0 Å². The van der Waals surface area contributed by atoms with E-state index in [9.17, 15) is 4.79 Å². The molecule has 1 amide bonds. The average molecular weight is 265 g/mol. The minimum atomic E-state index is -0.432. The van der Waals surface area contributed by atoms with E-state index in [0.29, 0.717) is 5.92 Å². The van der Waals surface area contributed by atoms with Crippen LogP contribution in [-0.2, 0) is 4.79 Å². The summed E-state index contributed by atoms with van der Waals surface area (Å²) in [5, 5.41) is 3.24. The zero-order valence-electron chi connectivity index (χ0n) is 12.0. The maximum Gasteiger partial charge on any atom is 0.238 e. The Labute approximate surface area is 116 Å². The first-order chi connectivity index (χ1) is 9.15. The zero-order valence-corrected chi connectivity index (χ0v) is 12.0. The standard InChI is InChI=1S/C15H27N3O/c1-17-15(14(16)19)7-2-3-12(15)6-8-18-10-11-4-5-13(18)9-11/h11-13,17H,2-10H2,1H3,(H2,16,19). The summed E-state index contributed by atoms with van der Waals surface area (Å²) in [6, 6.07) is 0.837. The first-order valence-corrected chi connectivity index (χ1v) is 7.88. The third-order valence-corrected chi connectivity index (χ3v) is 5.99. The van der Waals surface area contributed by atoms with Crippen molar-refractivity contribution in [1.29, 1.82) is 0 Å². The molecule has 2 saturated carbocycles. The van der Waals surface area contributed by atoms with Crippen LogP contribution in [0.25, 0.3) is 0 Å². The van der Waals surface area contributed by atoms with Crippen LogP contribution >= 0.6 is 0 Å². The van der Waals surface area contributed by atoms with Gasteiger partial charge in [0.2, 0.25) is 5.91 Å². The van der Waals surface area contributed by atoms with E-state index in [-0.39, 0.29) is 5.91 Å². The number of nitrogens with two attached hydrogens (primary N) is 1. The predicted octanol–water partition coefficient (Wildman–Crippen LogP) is 1.10. The van der Waals surface area contributed by atoms with Gasteiger partial charge in [-0.2, -0.15) is 0 Å². The first-order valence-electron chi connectivity index (χ1n) is 7.88. The quantitative estimate of drug-likeness (QED) is 0.783. The van der Waals surface area contributed by atoms with E-state index in [1.54, 1.807) is 0 Å². The molecule has 19 heavy (non-hydrogen) atoms. The molecule has 0 spiro atoms. The van der Waals surface area contributed by atoms with Crippen LogP contribution in [-0.4, -0.2) is 42.5 Å². The second-order valence-electron chi connectivity index (χ2n) is 6.79. The molecule has 4 heteroatoms. The molecule has 3 aliphatic rings. The summed E-state index contributed by atoms with van der Waals surface area (Å²) in [7, 11) is 1.89. The normalized spacial score (nSPS) is 42.1. The molecule has 1 saturated heterocycles. The molecule has 2 bridgehead atoms. The van der Waals surface area contributed by atoms with Gasteiger partial charge in [-0.3, -0.25) is 4.79 Å². The van der Waals surface area contributed by atoms with Gasteiger partial charge in [-0.25, -0.2) is 0 Å². The Kier molecular flexibility index (Phi) is 3.56. The molecule has 4 atom stereocenters. The van der Waals surface area contributed by atoms with Crippen molar-refractivity contribution in [2.75, 3.05) is 20.1 Å². The van der Waals surface area contributed by atoms with Crippen molar-refractivity contribution >= 4 is 5.91 Å². The molecule has 3 fully saturated rings. The van der Waals surface area contributed by atoms with Crippen LogP contribution < -0.4 is 11.1 Å². The maximum absolute atomic E-state index is 11.8. The molecule has 0 aromatic rings. The second-order valence-corrected chi connectivity index (χ2v) is 6.79. The predicted molar refractivity (Wildman–Crippen MR) is 75.6 cm³/mol. The summed E-state index contributed by atoms with van der Waals surface area (Å²) in [5.41, 5.74) is 5.23. The number of carbonyl (C=O) groups is 1. The Morgan fingerprint density at radius 2 is 2.26 bits per heavy atom. The molecule has 0 radical (unpaired) electrons. The summed E-state index contributed by atoms with van der Waals surface area (Å²) in [4.78, 5) is 14.5. The Hall–Kier alpha value is -0.610. The fraction of sp³-hybridized carbons (Fsp3) is 0.933. The zero-order chi connectivity index (χ0) is 13.5. The van der Waals surface area contributed by atoms with Gasteiger partial charge in [0, 0.05) is 12.6 Å². The van der Waals surface area contributed by atoms with Crippen molar-refractivity contribution in [1.82, 2.24) is 10.2 Å². The average Bonchev–Trinajstić information content (AvgIpc) is 3.10. The van der Waals surface area contributed by atoms with E-state index in [1.165, 1.54) is 25.8 Å². The Bertz CT molecular complexity index is 359. The summed E-state index contributed by atoms with van der Waals surface area (Å²) in [6.45, 7) is 2.45. The van der Waals surface area contributed by atoms with Crippen LogP contribution in [0.15, 0.2) is 0 Å². The lowest BCUT2D eigenvalue weighted by atomic mass is 9.84. The van der Waals surface area contributed by atoms with Crippen molar-refractivity contribution in [3.05, 3.63) is 0 Å². The second kappa shape index (κ2) is 5.06. The van der Waals surface area contributed by atoms with Crippen LogP contribution in [0.5, 0.6) is 0 Å². The number of amides is 1. The number of rotatable bonds is 5. The lowest BCUT2D eigenvalue weighted by Crippen LogP contribution is -2.57. The summed E-state index contributed by atoms with van der Waals surface area (Å²) >= 11 is 0. The van der Waals surface area contributed by atoms with Crippen LogP contribution in [0.4, 0.5) is 0 Å². The summed E-state index contributed by atoms with van der Waals surface area (Å²) in [5.74, 6) is 1.23. The minimum absolute atomic E-state index is 0.152. The fourth-order valence-corrected chi connectivity index (χ4v) is 4.87. The van der Waals surface area contributed by atoms with Crippen LogP contribution in [0.2, 0.25) is 0 Å². The Balaban J connectivity index is 1.58. The van der Waals surface area contributed by atoms with Gasteiger partial charge in [-0.05, 0) is 64.0 Å².